The summed E-state index contributed by atoms with van der Waals surface area (Å²) >= 11 is 0. The van der Waals surface area contributed by atoms with Crippen LogP contribution >= 0.6 is 0 Å². The van der Waals surface area contributed by atoms with Crippen molar-refractivity contribution in [3.8, 4) is 0 Å². The van der Waals surface area contributed by atoms with Gasteiger partial charge in [-0.1, -0.05) is 6.07 Å². The molecule has 1 fully saturated rings. The predicted molar refractivity (Wildman–Crippen MR) is 75.9 cm³/mol. The van der Waals surface area contributed by atoms with Gasteiger partial charge >= 0.3 is 0 Å². The van der Waals surface area contributed by atoms with Crippen molar-refractivity contribution in [2.45, 2.75) is 18.9 Å². The van der Waals surface area contributed by atoms with E-state index in [1.807, 2.05) is 12.3 Å². The standard InChI is InChI=1S/C15H19N3/c1-18-9-6-13(7-10-18)17-14-4-5-15-12(11-14)3-2-8-16-15/h2-5,8,11,13,17H,6-7,9-10H2,1H3. The highest BCUT2D eigenvalue weighted by atomic mass is 15.1. The number of nitrogens with zero attached hydrogens (tertiary/aromatic N) is 2. The minimum Gasteiger partial charge on any atom is -0.382 e. The van der Waals surface area contributed by atoms with Crippen LogP contribution in [-0.2, 0) is 0 Å². The van der Waals surface area contributed by atoms with Crippen LogP contribution in [0.15, 0.2) is 36.5 Å². The van der Waals surface area contributed by atoms with Crippen LogP contribution in [0.5, 0.6) is 0 Å². The third-order valence-corrected chi connectivity index (χ3v) is 3.69. The molecule has 1 aliphatic rings. The molecule has 1 N–H and O–H groups in total. The van der Waals surface area contributed by atoms with Gasteiger partial charge in [0, 0.05) is 23.3 Å². The Morgan fingerprint density at radius 3 is 2.89 bits per heavy atom. The van der Waals surface area contributed by atoms with Crippen LogP contribution in [0.3, 0.4) is 0 Å². The molecule has 1 aromatic carbocycles. The van der Waals surface area contributed by atoms with E-state index in [2.05, 4.69) is 46.5 Å². The number of hydrogen-bond donors (Lipinski definition) is 1. The number of benzene rings is 1. The average molecular weight is 241 g/mol. The maximum Gasteiger partial charge on any atom is 0.0703 e. The molecule has 0 radical (unpaired) electrons. The van der Waals surface area contributed by atoms with Crippen molar-refractivity contribution in [1.29, 1.82) is 0 Å². The Morgan fingerprint density at radius 1 is 1.22 bits per heavy atom. The molecular formula is C15H19N3. The van der Waals surface area contributed by atoms with Gasteiger partial charge in [-0.2, -0.15) is 0 Å². The minimum absolute atomic E-state index is 0.607. The summed E-state index contributed by atoms with van der Waals surface area (Å²) in [6.07, 6.45) is 4.29. The second-order valence-electron chi connectivity index (χ2n) is 5.13. The normalized spacial score (nSPS) is 18.1. The van der Waals surface area contributed by atoms with Gasteiger partial charge in [0.15, 0.2) is 0 Å². The summed E-state index contributed by atoms with van der Waals surface area (Å²) in [4.78, 5) is 6.74. The Labute approximate surface area is 108 Å². The molecule has 0 spiro atoms. The van der Waals surface area contributed by atoms with Gasteiger partial charge in [0.2, 0.25) is 0 Å². The summed E-state index contributed by atoms with van der Waals surface area (Å²) in [6.45, 7) is 2.37. The summed E-state index contributed by atoms with van der Waals surface area (Å²) in [5.74, 6) is 0. The molecule has 0 amide bonds. The Morgan fingerprint density at radius 2 is 2.06 bits per heavy atom. The zero-order valence-corrected chi connectivity index (χ0v) is 10.8. The van der Waals surface area contributed by atoms with Gasteiger partial charge in [-0.25, -0.2) is 0 Å². The number of nitrogens with one attached hydrogen (secondary N) is 1. The summed E-state index contributed by atoms with van der Waals surface area (Å²) in [7, 11) is 2.19. The van der Waals surface area contributed by atoms with Gasteiger partial charge < -0.3 is 10.2 Å². The summed E-state index contributed by atoms with van der Waals surface area (Å²) < 4.78 is 0. The number of fused-ring (bicyclic) bond motifs is 1. The molecule has 1 aliphatic heterocycles. The van der Waals surface area contributed by atoms with Crippen molar-refractivity contribution in [1.82, 2.24) is 9.88 Å². The van der Waals surface area contributed by atoms with Crippen molar-refractivity contribution < 1.29 is 0 Å². The fourth-order valence-corrected chi connectivity index (χ4v) is 2.55. The van der Waals surface area contributed by atoms with Crippen LogP contribution in [0.2, 0.25) is 0 Å². The third kappa shape index (κ3) is 2.46. The Bertz CT molecular complexity index is 530. The van der Waals surface area contributed by atoms with E-state index in [9.17, 15) is 0 Å². The van der Waals surface area contributed by atoms with Crippen molar-refractivity contribution in [2.24, 2.45) is 0 Å². The highest BCUT2D eigenvalue weighted by Crippen LogP contribution is 2.20. The molecule has 0 unspecified atom stereocenters. The van der Waals surface area contributed by atoms with Crippen molar-refractivity contribution in [2.75, 3.05) is 25.5 Å². The lowest BCUT2D eigenvalue weighted by atomic mass is 10.0. The van der Waals surface area contributed by atoms with Crippen molar-refractivity contribution in [3.05, 3.63) is 36.5 Å². The third-order valence-electron chi connectivity index (χ3n) is 3.69. The van der Waals surface area contributed by atoms with Crippen molar-refractivity contribution >= 4 is 16.6 Å². The second kappa shape index (κ2) is 4.94. The molecule has 0 bridgehead atoms. The molecule has 3 nitrogen and oxygen atoms in total. The number of rotatable bonds is 2. The number of pyridine rings is 1. The number of anilines is 1. The molecule has 1 saturated heterocycles. The second-order valence-corrected chi connectivity index (χ2v) is 5.13. The lowest BCUT2D eigenvalue weighted by Crippen LogP contribution is -2.36. The molecule has 18 heavy (non-hydrogen) atoms. The molecule has 2 aromatic rings. The molecule has 3 rings (SSSR count). The molecular weight excluding hydrogens is 222 g/mol. The first kappa shape index (κ1) is 11.5. The highest BCUT2D eigenvalue weighted by molar-refractivity contribution is 5.82. The van der Waals surface area contributed by atoms with Gasteiger partial charge in [-0.15, -0.1) is 0 Å². The smallest absolute Gasteiger partial charge is 0.0703 e. The number of hydrogen-bond acceptors (Lipinski definition) is 3. The molecule has 0 aliphatic carbocycles. The molecule has 3 heteroatoms. The monoisotopic (exact) mass is 241 g/mol. The van der Waals surface area contributed by atoms with E-state index in [4.69, 9.17) is 0 Å². The maximum atomic E-state index is 4.34. The SMILES string of the molecule is CN1CCC(Nc2ccc3ncccc3c2)CC1. The topological polar surface area (TPSA) is 28.2 Å². The number of aromatic nitrogens is 1. The van der Waals surface area contributed by atoms with Gasteiger partial charge in [-0.3, -0.25) is 4.98 Å². The van der Waals surface area contributed by atoms with Crippen LogP contribution in [0.4, 0.5) is 5.69 Å². The van der Waals surface area contributed by atoms with Gasteiger partial charge in [0.05, 0.1) is 5.52 Å². The van der Waals surface area contributed by atoms with Gasteiger partial charge in [0.25, 0.3) is 0 Å². The fourth-order valence-electron chi connectivity index (χ4n) is 2.55. The minimum atomic E-state index is 0.607. The van der Waals surface area contributed by atoms with E-state index < -0.39 is 0 Å². The highest BCUT2D eigenvalue weighted by Gasteiger charge is 2.16. The zero-order valence-electron chi connectivity index (χ0n) is 10.8. The quantitative estimate of drug-likeness (QED) is 0.876. The molecule has 94 valence electrons. The van der Waals surface area contributed by atoms with Crippen molar-refractivity contribution in [3.63, 3.8) is 0 Å². The average Bonchev–Trinajstić information content (AvgIpc) is 2.41. The van der Waals surface area contributed by atoms with Crippen LogP contribution < -0.4 is 5.32 Å². The summed E-state index contributed by atoms with van der Waals surface area (Å²) in [6, 6.07) is 11.1. The molecule has 1 aromatic heterocycles. The van der Waals surface area contributed by atoms with E-state index >= 15 is 0 Å². The van der Waals surface area contributed by atoms with E-state index in [0.717, 1.165) is 5.52 Å². The first-order valence-electron chi connectivity index (χ1n) is 6.61. The molecule has 0 saturated carbocycles. The first-order valence-corrected chi connectivity index (χ1v) is 6.61. The maximum absolute atomic E-state index is 4.34. The van der Waals surface area contributed by atoms with E-state index in [1.165, 1.54) is 37.0 Å². The molecule has 0 atom stereocenters. The Balaban J connectivity index is 1.74. The lowest BCUT2D eigenvalue weighted by Gasteiger charge is -2.30. The number of likely N-dealkylation sites (tertiary alicyclic amines) is 1. The van der Waals surface area contributed by atoms with Crippen LogP contribution in [0.25, 0.3) is 10.9 Å². The van der Waals surface area contributed by atoms with Crippen LogP contribution in [-0.4, -0.2) is 36.1 Å². The van der Waals surface area contributed by atoms with Crippen LogP contribution in [0.1, 0.15) is 12.8 Å². The lowest BCUT2D eigenvalue weighted by molar-refractivity contribution is 0.264. The largest absolute Gasteiger partial charge is 0.382 e. The van der Waals surface area contributed by atoms with Gasteiger partial charge in [-0.05, 0) is 57.2 Å². The fraction of sp³-hybridized carbons (Fsp3) is 0.400. The number of piperidine rings is 1. The predicted octanol–water partition coefficient (Wildman–Crippen LogP) is 2.74. The van der Waals surface area contributed by atoms with Crippen LogP contribution in [0, 0.1) is 0 Å². The first-order chi connectivity index (χ1) is 8.81. The van der Waals surface area contributed by atoms with E-state index in [1.54, 1.807) is 0 Å². The summed E-state index contributed by atoms with van der Waals surface area (Å²) in [5, 5.41) is 4.84. The Hall–Kier alpha value is -1.61. The van der Waals surface area contributed by atoms with E-state index in [-0.39, 0.29) is 0 Å². The summed E-state index contributed by atoms with van der Waals surface area (Å²) in [5.41, 5.74) is 2.27. The molecule has 2 heterocycles. The van der Waals surface area contributed by atoms with E-state index in [0.29, 0.717) is 6.04 Å². The zero-order chi connectivity index (χ0) is 12.4. The van der Waals surface area contributed by atoms with Gasteiger partial charge in [0.1, 0.15) is 0 Å². The Kier molecular flexibility index (Phi) is 3.15.